The summed E-state index contributed by atoms with van der Waals surface area (Å²) < 4.78 is 44.2. The number of hydrogen-bond donors (Lipinski definition) is 0. The van der Waals surface area contributed by atoms with Gasteiger partial charge in [-0.25, -0.2) is 13.2 Å². The van der Waals surface area contributed by atoms with Gasteiger partial charge in [0, 0.05) is 0 Å². The summed E-state index contributed by atoms with van der Waals surface area (Å²) in [6.07, 6.45) is 10.4. The molecular weight excluding hydrogens is 333 g/mol. The van der Waals surface area contributed by atoms with E-state index < -0.39 is 17.5 Å². The van der Waals surface area contributed by atoms with E-state index in [0.717, 1.165) is 25.7 Å². The van der Waals surface area contributed by atoms with Gasteiger partial charge < -0.3 is 0 Å². The van der Waals surface area contributed by atoms with Crippen LogP contribution in [0.3, 0.4) is 0 Å². The van der Waals surface area contributed by atoms with Crippen molar-refractivity contribution in [2.75, 3.05) is 0 Å². The minimum Gasteiger partial charge on any atom is -0.206 e. The molecule has 0 saturated heterocycles. The third kappa shape index (κ3) is 3.58. The molecule has 2 aromatic rings. The van der Waals surface area contributed by atoms with Gasteiger partial charge >= 0.3 is 0 Å². The Morgan fingerprint density at radius 3 is 2.42 bits per heavy atom. The van der Waals surface area contributed by atoms with Crippen molar-refractivity contribution in [2.45, 2.75) is 51.4 Å². The largest absolute Gasteiger partial charge is 0.206 e. The van der Waals surface area contributed by atoms with E-state index in [1.807, 2.05) is 25.2 Å². The first-order valence-corrected chi connectivity index (χ1v) is 9.39. The molecule has 0 aliphatic heterocycles. The molecule has 0 bridgehead atoms. The Kier molecular flexibility index (Phi) is 5.85. The zero-order valence-corrected chi connectivity index (χ0v) is 15.2. The Hall–Kier alpha value is -2.03. The summed E-state index contributed by atoms with van der Waals surface area (Å²) in [7, 11) is 0. The molecule has 2 aromatic carbocycles. The first kappa shape index (κ1) is 18.8. The number of rotatable bonds is 5. The lowest BCUT2D eigenvalue weighted by Gasteiger charge is -2.27. The minimum absolute atomic E-state index is 0.0115. The Balaban J connectivity index is 1.97. The fourth-order valence-corrected chi connectivity index (χ4v) is 4.01. The highest BCUT2D eigenvalue weighted by molar-refractivity contribution is 5.85. The maximum absolute atomic E-state index is 14.8. The van der Waals surface area contributed by atoms with Crippen molar-refractivity contribution in [3.8, 4) is 0 Å². The third-order valence-corrected chi connectivity index (χ3v) is 5.59. The maximum Gasteiger partial charge on any atom is 0.169 e. The van der Waals surface area contributed by atoms with E-state index in [1.54, 1.807) is 18.2 Å². The third-order valence-electron chi connectivity index (χ3n) is 5.59. The van der Waals surface area contributed by atoms with Crippen molar-refractivity contribution >= 4 is 10.8 Å². The number of aryl methyl sites for hydroxylation is 1. The molecule has 0 spiro atoms. The molecule has 0 unspecified atom stereocenters. The van der Waals surface area contributed by atoms with Crippen LogP contribution in [0.25, 0.3) is 10.8 Å². The quantitative estimate of drug-likeness (QED) is 0.495. The molecule has 3 rings (SSSR count). The Labute approximate surface area is 153 Å². The van der Waals surface area contributed by atoms with Gasteiger partial charge in [-0.1, -0.05) is 30.4 Å². The minimum atomic E-state index is -1.05. The molecule has 138 valence electrons. The van der Waals surface area contributed by atoms with Crippen molar-refractivity contribution in [1.29, 1.82) is 0 Å². The van der Waals surface area contributed by atoms with Gasteiger partial charge in [0.15, 0.2) is 11.6 Å². The molecule has 1 aliphatic carbocycles. The molecule has 1 aliphatic rings. The molecule has 0 N–H and O–H groups in total. The highest BCUT2D eigenvalue weighted by atomic mass is 19.2. The van der Waals surface area contributed by atoms with Crippen LogP contribution in [-0.4, -0.2) is 0 Å². The molecule has 3 heteroatoms. The molecule has 1 saturated carbocycles. The molecule has 0 heterocycles. The van der Waals surface area contributed by atoms with Crippen molar-refractivity contribution in [3.05, 3.63) is 71.6 Å². The second-order valence-corrected chi connectivity index (χ2v) is 7.19. The second kappa shape index (κ2) is 8.11. The Morgan fingerprint density at radius 2 is 1.77 bits per heavy atom. The normalized spacial score (nSPS) is 20.8. The van der Waals surface area contributed by atoms with Crippen molar-refractivity contribution in [3.63, 3.8) is 0 Å². The van der Waals surface area contributed by atoms with Gasteiger partial charge in [0.1, 0.15) is 5.82 Å². The predicted octanol–water partition coefficient (Wildman–Crippen LogP) is 7.23. The van der Waals surface area contributed by atoms with Crippen LogP contribution in [-0.2, 0) is 6.42 Å². The summed E-state index contributed by atoms with van der Waals surface area (Å²) in [6, 6.07) is 5.05. The van der Waals surface area contributed by atoms with Gasteiger partial charge in [0.05, 0.1) is 5.39 Å². The zero-order chi connectivity index (χ0) is 18.7. The van der Waals surface area contributed by atoms with Crippen LogP contribution >= 0.6 is 0 Å². The van der Waals surface area contributed by atoms with E-state index in [1.165, 1.54) is 0 Å². The fourth-order valence-electron chi connectivity index (χ4n) is 4.01. The fraction of sp³-hybridized carbons (Fsp3) is 0.391. The highest BCUT2D eigenvalue weighted by Crippen LogP contribution is 2.40. The van der Waals surface area contributed by atoms with E-state index in [9.17, 15) is 13.2 Å². The number of benzene rings is 2. The summed E-state index contributed by atoms with van der Waals surface area (Å²) in [5.41, 5.74) is 0.812. The lowest BCUT2D eigenvalue weighted by atomic mass is 9.78. The molecular formula is C23H25F3. The van der Waals surface area contributed by atoms with Gasteiger partial charge in [-0.05, 0) is 79.9 Å². The highest BCUT2D eigenvalue weighted by Gasteiger charge is 2.26. The standard InChI is InChI=1S/C23H25F3/c1-3-5-6-7-17-12-13-18-14-19(16-10-8-15(4-2)9-11-16)22(25)23(26)20(18)21(17)24/h3-5,12-16H,2,6-11H2,1H3/b5-3+. The van der Waals surface area contributed by atoms with Crippen LogP contribution in [0.4, 0.5) is 13.2 Å². The van der Waals surface area contributed by atoms with E-state index >= 15 is 0 Å². The number of fused-ring (bicyclic) bond motifs is 1. The summed E-state index contributed by atoms with van der Waals surface area (Å²) in [6.45, 7) is 5.72. The van der Waals surface area contributed by atoms with E-state index in [2.05, 4.69) is 6.58 Å². The number of halogens is 3. The average Bonchev–Trinajstić information content (AvgIpc) is 2.66. The van der Waals surface area contributed by atoms with Crippen LogP contribution < -0.4 is 0 Å². The average molecular weight is 358 g/mol. The molecule has 0 aromatic heterocycles. The SMILES string of the molecule is C=CC1CCC(c2cc3ccc(CC/C=C/C)c(F)c3c(F)c2F)CC1. The molecule has 0 radical (unpaired) electrons. The van der Waals surface area contributed by atoms with Crippen molar-refractivity contribution in [2.24, 2.45) is 5.92 Å². The summed E-state index contributed by atoms with van der Waals surface area (Å²) in [4.78, 5) is 0. The van der Waals surface area contributed by atoms with Gasteiger partial charge in [-0.3, -0.25) is 0 Å². The predicted molar refractivity (Wildman–Crippen MR) is 102 cm³/mol. The van der Waals surface area contributed by atoms with E-state index in [-0.39, 0.29) is 11.3 Å². The van der Waals surface area contributed by atoms with E-state index in [4.69, 9.17) is 0 Å². The first-order valence-electron chi connectivity index (χ1n) is 9.39. The van der Waals surface area contributed by atoms with Crippen LogP contribution in [0.5, 0.6) is 0 Å². The van der Waals surface area contributed by atoms with Crippen molar-refractivity contribution in [1.82, 2.24) is 0 Å². The summed E-state index contributed by atoms with van der Waals surface area (Å²) in [5, 5.41) is 0.223. The Bertz CT molecular complexity index is 827. The molecule has 1 fully saturated rings. The Morgan fingerprint density at radius 1 is 1.04 bits per heavy atom. The maximum atomic E-state index is 14.8. The number of hydrogen-bond acceptors (Lipinski definition) is 0. The van der Waals surface area contributed by atoms with Crippen LogP contribution in [0.2, 0.25) is 0 Å². The topological polar surface area (TPSA) is 0 Å². The van der Waals surface area contributed by atoms with Gasteiger partial charge in [-0.15, -0.1) is 6.58 Å². The molecule has 0 amide bonds. The first-order chi connectivity index (χ1) is 12.6. The van der Waals surface area contributed by atoms with Crippen LogP contribution in [0.15, 0.2) is 43.0 Å². The zero-order valence-electron chi connectivity index (χ0n) is 15.2. The molecule has 0 atom stereocenters. The molecule has 0 nitrogen and oxygen atoms in total. The lowest BCUT2D eigenvalue weighted by Crippen LogP contribution is -2.13. The van der Waals surface area contributed by atoms with Crippen LogP contribution in [0.1, 0.15) is 56.1 Å². The van der Waals surface area contributed by atoms with Crippen LogP contribution in [0, 0.1) is 23.4 Å². The van der Waals surface area contributed by atoms with E-state index in [0.29, 0.717) is 35.3 Å². The second-order valence-electron chi connectivity index (χ2n) is 7.19. The van der Waals surface area contributed by atoms with Gasteiger partial charge in [0.25, 0.3) is 0 Å². The lowest BCUT2D eigenvalue weighted by molar-refractivity contribution is 0.365. The van der Waals surface area contributed by atoms with Gasteiger partial charge in [0.2, 0.25) is 0 Å². The number of allylic oxidation sites excluding steroid dienone is 3. The van der Waals surface area contributed by atoms with Crippen molar-refractivity contribution < 1.29 is 13.2 Å². The van der Waals surface area contributed by atoms with Gasteiger partial charge in [-0.2, -0.15) is 0 Å². The summed E-state index contributed by atoms with van der Waals surface area (Å²) in [5.74, 6) is -2.12. The summed E-state index contributed by atoms with van der Waals surface area (Å²) >= 11 is 0. The molecule has 26 heavy (non-hydrogen) atoms. The monoisotopic (exact) mass is 358 g/mol. The smallest absolute Gasteiger partial charge is 0.169 e.